The second-order valence-corrected chi connectivity index (χ2v) is 5.34. The topological polar surface area (TPSA) is 63.4 Å². The fourth-order valence-corrected chi connectivity index (χ4v) is 2.99. The summed E-state index contributed by atoms with van der Waals surface area (Å²) in [5.74, 6) is 0.321. The second-order valence-electron chi connectivity index (χ2n) is 5.34. The van der Waals surface area contributed by atoms with Crippen LogP contribution in [0.1, 0.15) is 44.9 Å². The number of carbonyl (C=O) groups excluding carboxylic acids is 2. The molecule has 4 nitrogen and oxygen atoms in total. The van der Waals surface area contributed by atoms with Crippen molar-refractivity contribution in [2.75, 3.05) is 13.1 Å². The van der Waals surface area contributed by atoms with Crippen molar-refractivity contribution in [1.82, 2.24) is 4.90 Å². The van der Waals surface area contributed by atoms with E-state index in [0.29, 0.717) is 19.0 Å². The Hall–Kier alpha value is -1.06. The molecular weight excluding hydrogens is 216 g/mol. The zero-order valence-corrected chi connectivity index (χ0v) is 10.4. The van der Waals surface area contributed by atoms with Gasteiger partial charge in [0.05, 0.1) is 0 Å². The van der Waals surface area contributed by atoms with Crippen molar-refractivity contribution in [3.05, 3.63) is 0 Å². The van der Waals surface area contributed by atoms with E-state index >= 15 is 0 Å². The van der Waals surface area contributed by atoms with Crippen LogP contribution in [0.25, 0.3) is 0 Å². The molecule has 0 radical (unpaired) electrons. The molecule has 2 aliphatic rings. The van der Waals surface area contributed by atoms with Crippen LogP contribution in [0.3, 0.4) is 0 Å². The van der Waals surface area contributed by atoms with E-state index in [1.807, 2.05) is 4.90 Å². The average molecular weight is 238 g/mol. The zero-order chi connectivity index (χ0) is 12.3. The molecule has 1 saturated carbocycles. The van der Waals surface area contributed by atoms with Gasteiger partial charge < -0.3 is 10.6 Å². The quantitative estimate of drug-likeness (QED) is 0.788. The van der Waals surface area contributed by atoms with Gasteiger partial charge in [-0.3, -0.25) is 9.59 Å². The van der Waals surface area contributed by atoms with E-state index in [9.17, 15) is 9.59 Å². The van der Waals surface area contributed by atoms with Crippen molar-refractivity contribution >= 4 is 11.8 Å². The van der Waals surface area contributed by atoms with Crippen LogP contribution >= 0.6 is 0 Å². The molecular formula is C13H22N2O2. The Morgan fingerprint density at radius 3 is 2.00 bits per heavy atom. The van der Waals surface area contributed by atoms with E-state index in [1.165, 1.54) is 19.3 Å². The Morgan fingerprint density at radius 2 is 1.47 bits per heavy atom. The predicted molar refractivity (Wildman–Crippen MR) is 65.1 cm³/mol. The summed E-state index contributed by atoms with van der Waals surface area (Å²) < 4.78 is 0. The molecule has 1 heterocycles. The third-order valence-electron chi connectivity index (χ3n) is 4.16. The minimum atomic E-state index is -0.213. The smallest absolute Gasteiger partial charge is 0.225 e. The first kappa shape index (κ1) is 12.4. The number of hydrogen-bond acceptors (Lipinski definition) is 2. The number of carbonyl (C=O) groups is 2. The summed E-state index contributed by atoms with van der Waals surface area (Å²) in [5.41, 5.74) is 5.29. The summed E-state index contributed by atoms with van der Waals surface area (Å²) in [6.45, 7) is 1.42. The number of likely N-dealkylation sites (tertiary alicyclic amines) is 1. The molecule has 2 fully saturated rings. The molecule has 17 heavy (non-hydrogen) atoms. The minimum absolute atomic E-state index is 0.0228. The van der Waals surface area contributed by atoms with Gasteiger partial charge in [-0.05, 0) is 25.7 Å². The van der Waals surface area contributed by atoms with Crippen molar-refractivity contribution < 1.29 is 9.59 Å². The van der Waals surface area contributed by atoms with Crippen LogP contribution in [0.5, 0.6) is 0 Å². The van der Waals surface area contributed by atoms with Crippen LogP contribution in [-0.2, 0) is 9.59 Å². The highest BCUT2D eigenvalue weighted by Crippen LogP contribution is 2.27. The fraction of sp³-hybridized carbons (Fsp3) is 0.846. The number of piperidine rings is 1. The standard InChI is InChI=1S/C13H22N2O2/c14-12(16)10-6-8-15(9-7-10)13(17)11-4-2-1-3-5-11/h10-11H,1-9H2,(H2,14,16). The van der Waals surface area contributed by atoms with Gasteiger partial charge in [0.15, 0.2) is 0 Å². The molecule has 0 bridgehead atoms. The number of hydrogen-bond donors (Lipinski definition) is 1. The van der Waals surface area contributed by atoms with Gasteiger partial charge in [-0.2, -0.15) is 0 Å². The molecule has 2 N–H and O–H groups in total. The van der Waals surface area contributed by atoms with Gasteiger partial charge in [0.25, 0.3) is 0 Å². The molecule has 0 unspecified atom stereocenters. The normalized spacial score (nSPS) is 23.6. The predicted octanol–water partition coefficient (Wildman–Crippen LogP) is 1.29. The van der Waals surface area contributed by atoms with Gasteiger partial charge in [0.1, 0.15) is 0 Å². The molecule has 96 valence electrons. The summed E-state index contributed by atoms with van der Waals surface area (Å²) >= 11 is 0. The van der Waals surface area contributed by atoms with Crippen molar-refractivity contribution in [2.45, 2.75) is 44.9 Å². The molecule has 1 aliphatic heterocycles. The average Bonchev–Trinajstić information content (AvgIpc) is 2.39. The molecule has 0 aromatic rings. The first-order chi connectivity index (χ1) is 8.18. The van der Waals surface area contributed by atoms with Gasteiger partial charge in [0, 0.05) is 24.9 Å². The number of nitrogens with two attached hydrogens (primary N) is 1. The number of nitrogens with zero attached hydrogens (tertiary/aromatic N) is 1. The van der Waals surface area contributed by atoms with E-state index in [0.717, 1.165) is 25.7 Å². The molecule has 0 atom stereocenters. The van der Waals surface area contributed by atoms with Gasteiger partial charge in [-0.15, -0.1) is 0 Å². The highest BCUT2D eigenvalue weighted by molar-refractivity contribution is 5.80. The van der Waals surface area contributed by atoms with E-state index in [2.05, 4.69) is 0 Å². The third-order valence-corrected chi connectivity index (χ3v) is 4.16. The van der Waals surface area contributed by atoms with Crippen LogP contribution in [-0.4, -0.2) is 29.8 Å². The van der Waals surface area contributed by atoms with Gasteiger partial charge in [-0.1, -0.05) is 19.3 Å². The lowest BCUT2D eigenvalue weighted by molar-refractivity contribution is -0.139. The molecule has 0 aromatic carbocycles. The van der Waals surface area contributed by atoms with Crippen molar-refractivity contribution in [3.63, 3.8) is 0 Å². The molecule has 0 spiro atoms. The second kappa shape index (κ2) is 5.52. The van der Waals surface area contributed by atoms with E-state index in [1.54, 1.807) is 0 Å². The lowest BCUT2D eigenvalue weighted by Gasteiger charge is -2.34. The molecule has 1 aliphatic carbocycles. The number of rotatable bonds is 2. The molecule has 1 saturated heterocycles. The third kappa shape index (κ3) is 2.99. The van der Waals surface area contributed by atoms with Crippen molar-refractivity contribution in [2.24, 2.45) is 17.6 Å². The lowest BCUT2D eigenvalue weighted by Crippen LogP contribution is -2.44. The maximum atomic E-state index is 12.2. The summed E-state index contributed by atoms with van der Waals surface area (Å²) in [6.07, 6.45) is 7.24. The van der Waals surface area contributed by atoms with Crippen LogP contribution < -0.4 is 5.73 Å². The Kier molecular flexibility index (Phi) is 4.02. The van der Waals surface area contributed by atoms with Crippen molar-refractivity contribution in [1.29, 1.82) is 0 Å². The Labute approximate surface area is 103 Å². The minimum Gasteiger partial charge on any atom is -0.369 e. The van der Waals surface area contributed by atoms with Gasteiger partial charge in [-0.25, -0.2) is 0 Å². The molecule has 0 aromatic heterocycles. The largest absolute Gasteiger partial charge is 0.369 e. The van der Waals surface area contributed by atoms with Crippen molar-refractivity contribution in [3.8, 4) is 0 Å². The lowest BCUT2D eigenvalue weighted by atomic mass is 9.87. The first-order valence-electron chi connectivity index (χ1n) is 6.76. The highest BCUT2D eigenvalue weighted by Gasteiger charge is 2.30. The fourth-order valence-electron chi connectivity index (χ4n) is 2.99. The summed E-state index contributed by atoms with van der Waals surface area (Å²) in [5, 5.41) is 0. The summed E-state index contributed by atoms with van der Waals surface area (Å²) in [4.78, 5) is 25.2. The Bertz CT molecular complexity index is 290. The van der Waals surface area contributed by atoms with E-state index in [-0.39, 0.29) is 17.7 Å². The van der Waals surface area contributed by atoms with Crippen LogP contribution in [0, 0.1) is 11.8 Å². The zero-order valence-electron chi connectivity index (χ0n) is 10.4. The van der Waals surface area contributed by atoms with Gasteiger partial charge in [0.2, 0.25) is 11.8 Å². The van der Waals surface area contributed by atoms with Gasteiger partial charge >= 0.3 is 0 Å². The SMILES string of the molecule is NC(=O)C1CCN(C(=O)C2CCCCC2)CC1. The molecule has 4 heteroatoms. The van der Waals surface area contributed by atoms with Crippen LogP contribution in [0.2, 0.25) is 0 Å². The maximum absolute atomic E-state index is 12.2. The molecule has 2 rings (SSSR count). The first-order valence-corrected chi connectivity index (χ1v) is 6.76. The maximum Gasteiger partial charge on any atom is 0.225 e. The monoisotopic (exact) mass is 238 g/mol. The molecule has 2 amide bonds. The summed E-state index contributed by atoms with van der Waals surface area (Å²) in [6, 6.07) is 0. The van der Waals surface area contributed by atoms with Crippen LogP contribution in [0.4, 0.5) is 0 Å². The Morgan fingerprint density at radius 1 is 0.882 bits per heavy atom. The Balaban J connectivity index is 1.83. The highest BCUT2D eigenvalue weighted by atomic mass is 16.2. The van der Waals surface area contributed by atoms with E-state index < -0.39 is 0 Å². The number of amides is 2. The van der Waals surface area contributed by atoms with E-state index in [4.69, 9.17) is 5.73 Å². The summed E-state index contributed by atoms with van der Waals surface area (Å²) in [7, 11) is 0. The van der Waals surface area contributed by atoms with Crippen LogP contribution in [0.15, 0.2) is 0 Å². The number of primary amides is 1.